The minimum Gasteiger partial charge on any atom is -0.489 e. The van der Waals surface area contributed by atoms with E-state index in [0.29, 0.717) is 13.1 Å². The monoisotopic (exact) mass is 291 g/mol. The minimum absolute atomic E-state index is 0.00666. The smallest absolute Gasteiger partial charge is 0.317 e. The summed E-state index contributed by atoms with van der Waals surface area (Å²) in [5.41, 5.74) is 1.18. The van der Waals surface area contributed by atoms with Gasteiger partial charge < -0.3 is 19.9 Å². The van der Waals surface area contributed by atoms with Crippen LogP contribution in [0.5, 0.6) is 5.75 Å². The first kappa shape index (κ1) is 15.6. The number of hydrogen-bond acceptors (Lipinski definition) is 3. The first-order chi connectivity index (χ1) is 10.0. The number of nitrogens with zero attached hydrogens (tertiary/aromatic N) is 2. The van der Waals surface area contributed by atoms with E-state index in [1.165, 1.54) is 5.56 Å². The van der Waals surface area contributed by atoms with Gasteiger partial charge >= 0.3 is 6.03 Å². The summed E-state index contributed by atoms with van der Waals surface area (Å²) in [7, 11) is 3.99. The number of ether oxygens (including phenoxy) is 1. The fourth-order valence-corrected chi connectivity index (χ4v) is 2.39. The third kappa shape index (κ3) is 4.93. The molecule has 2 rings (SSSR count). The molecule has 0 radical (unpaired) electrons. The molecule has 5 nitrogen and oxygen atoms in total. The zero-order valence-electron chi connectivity index (χ0n) is 13.1. The van der Waals surface area contributed by atoms with Crippen LogP contribution in [0.15, 0.2) is 24.3 Å². The van der Waals surface area contributed by atoms with E-state index < -0.39 is 0 Å². The van der Waals surface area contributed by atoms with E-state index in [-0.39, 0.29) is 12.1 Å². The highest BCUT2D eigenvalue weighted by atomic mass is 16.5. The number of hydrogen-bond donors (Lipinski definition) is 1. The van der Waals surface area contributed by atoms with Crippen LogP contribution >= 0.6 is 0 Å². The van der Waals surface area contributed by atoms with Gasteiger partial charge in [0.05, 0.1) is 6.54 Å². The summed E-state index contributed by atoms with van der Waals surface area (Å²) in [6, 6.07) is 8.04. The molecule has 2 amide bonds. The lowest BCUT2D eigenvalue weighted by Crippen LogP contribution is -2.41. The van der Waals surface area contributed by atoms with Crippen LogP contribution < -0.4 is 10.1 Å². The van der Waals surface area contributed by atoms with Crippen molar-refractivity contribution in [2.24, 2.45) is 0 Å². The normalized spacial score (nSPS) is 18.1. The number of nitrogens with one attached hydrogen (secondary N) is 1. The fourth-order valence-electron chi connectivity index (χ4n) is 2.39. The molecular formula is C16H25N3O2. The zero-order chi connectivity index (χ0) is 15.2. The summed E-state index contributed by atoms with van der Waals surface area (Å²) < 4.78 is 5.95. The van der Waals surface area contributed by atoms with Gasteiger partial charge in [0.2, 0.25) is 0 Å². The number of carbonyl (C=O) groups is 1. The lowest BCUT2D eigenvalue weighted by atomic mass is 10.2. The van der Waals surface area contributed by atoms with Crippen molar-refractivity contribution in [3.8, 4) is 5.75 Å². The van der Waals surface area contributed by atoms with Gasteiger partial charge in [0, 0.05) is 26.1 Å². The molecular weight excluding hydrogens is 266 g/mol. The maximum Gasteiger partial charge on any atom is 0.317 e. The third-order valence-electron chi connectivity index (χ3n) is 3.56. The number of aryl methyl sites for hydroxylation is 1. The molecule has 1 aromatic rings. The Labute approximate surface area is 126 Å². The Morgan fingerprint density at radius 3 is 3.00 bits per heavy atom. The van der Waals surface area contributed by atoms with Crippen molar-refractivity contribution < 1.29 is 9.53 Å². The number of likely N-dealkylation sites (N-methyl/N-ethyl adjacent to an activating group) is 1. The summed E-state index contributed by atoms with van der Waals surface area (Å²) in [6.45, 7) is 4.98. The largest absolute Gasteiger partial charge is 0.489 e. The molecule has 0 bridgehead atoms. The number of rotatable bonds is 5. The second kappa shape index (κ2) is 7.31. The van der Waals surface area contributed by atoms with Crippen molar-refractivity contribution >= 4 is 6.03 Å². The molecule has 0 aromatic heterocycles. The Bertz CT molecular complexity index is 476. The molecule has 1 atom stereocenters. The lowest BCUT2D eigenvalue weighted by molar-refractivity contribution is 0.186. The van der Waals surface area contributed by atoms with Crippen LogP contribution in [0.2, 0.25) is 0 Å². The van der Waals surface area contributed by atoms with Gasteiger partial charge in [0.25, 0.3) is 0 Å². The summed E-state index contributed by atoms with van der Waals surface area (Å²) >= 11 is 0. The van der Waals surface area contributed by atoms with Gasteiger partial charge in [-0.15, -0.1) is 0 Å². The molecule has 1 aromatic carbocycles. The summed E-state index contributed by atoms with van der Waals surface area (Å²) in [5, 5.41) is 2.94. The van der Waals surface area contributed by atoms with Crippen molar-refractivity contribution in [1.29, 1.82) is 0 Å². The van der Waals surface area contributed by atoms with Crippen LogP contribution in [0, 0.1) is 6.92 Å². The van der Waals surface area contributed by atoms with Crippen LogP contribution in [-0.4, -0.2) is 62.2 Å². The van der Waals surface area contributed by atoms with Gasteiger partial charge in [-0.3, -0.25) is 0 Å². The first-order valence-electron chi connectivity index (χ1n) is 7.45. The summed E-state index contributed by atoms with van der Waals surface area (Å²) in [6.07, 6.45) is 0.973. The number of carbonyl (C=O) groups excluding carboxylic acids is 1. The van der Waals surface area contributed by atoms with E-state index in [0.717, 1.165) is 25.3 Å². The van der Waals surface area contributed by atoms with Crippen LogP contribution in [0.4, 0.5) is 4.79 Å². The third-order valence-corrected chi connectivity index (χ3v) is 3.56. The SMILES string of the molecule is Cc1cccc(OC2CCN(C(=O)NCCN(C)C)C2)c1. The predicted molar refractivity (Wildman–Crippen MR) is 83.7 cm³/mol. The standard InChI is InChI=1S/C16H25N3O2/c1-13-5-4-6-14(11-13)21-15-7-9-19(12-15)16(20)17-8-10-18(2)3/h4-6,11,15H,7-10,12H2,1-3H3,(H,17,20). The van der Waals surface area contributed by atoms with E-state index in [1.54, 1.807) is 0 Å². The molecule has 1 heterocycles. The van der Waals surface area contributed by atoms with Crippen LogP contribution in [0.25, 0.3) is 0 Å². The molecule has 1 fully saturated rings. The van der Waals surface area contributed by atoms with E-state index in [2.05, 4.69) is 5.32 Å². The van der Waals surface area contributed by atoms with Gasteiger partial charge in [-0.05, 0) is 38.7 Å². The molecule has 0 spiro atoms. The number of urea groups is 1. The second-order valence-electron chi connectivity index (χ2n) is 5.83. The highest BCUT2D eigenvalue weighted by molar-refractivity contribution is 5.74. The van der Waals surface area contributed by atoms with E-state index in [4.69, 9.17) is 4.74 Å². The van der Waals surface area contributed by atoms with E-state index in [1.807, 2.05) is 55.1 Å². The van der Waals surface area contributed by atoms with Crippen LogP contribution in [-0.2, 0) is 0 Å². The molecule has 1 aliphatic heterocycles. The van der Waals surface area contributed by atoms with Gasteiger partial charge in [0.1, 0.15) is 11.9 Å². The van der Waals surface area contributed by atoms with Crippen LogP contribution in [0.1, 0.15) is 12.0 Å². The Hall–Kier alpha value is -1.75. The van der Waals surface area contributed by atoms with Crippen molar-refractivity contribution in [2.75, 3.05) is 40.3 Å². The van der Waals surface area contributed by atoms with Gasteiger partial charge in [-0.1, -0.05) is 12.1 Å². The number of amides is 2. The molecule has 1 aliphatic rings. The van der Waals surface area contributed by atoms with Crippen molar-refractivity contribution in [3.63, 3.8) is 0 Å². The first-order valence-corrected chi connectivity index (χ1v) is 7.45. The summed E-state index contributed by atoms with van der Waals surface area (Å²) in [4.78, 5) is 15.9. The Morgan fingerprint density at radius 1 is 1.48 bits per heavy atom. The summed E-state index contributed by atoms with van der Waals surface area (Å²) in [5.74, 6) is 0.884. The topological polar surface area (TPSA) is 44.8 Å². The predicted octanol–water partition coefficient (Wildman–Crippen LogP) is 1.72. The molecule has 0 aliphatic carbocycles. The molecule has 21 heavy (non-hydrogen) atoms. The van der Waals surface area contributed by atoms with Gasteiger partial charge in [-0.2, -0.15) is 0 Å². The molecule has 1 N–H and O–H groups in total. The second-order valence-corrected chi connectivity index (χ2v) is 5.83. The number of likely N-dealkylation sites (tertiary alicyclic amines) is 1. The quantitative estimate of drug-likeness (QED) is 0.898. The van der Waals surface area contributed by atoms with Crippen LogP contribution in [0.3, 0.4) is 0 Å². The Kier molecular flexibility index (Phi) is 5.44. The molecule has 0 saturated carbocycles. The van der Waals surface area contributed by atoms with Gasteiger partial charge in [0.15, 0.2) is 0 Å². The zero-order valence-corrected chi connectivity index (χ0v) is 13.1. The van der Waals surface area contributed by atoms with Crippen molar-refractivity contribution in [2.45, 2.75) is 19.4 Å². The highest BCUT2D eigenvalue weighted by Crippen LogP contribution is 2.19. The number of benzene rings is 1. The Morgan fingerprint density at radius 2 is 2.29 bits per heavy atom. The van der Waals surface area contributed by atoms with E-state index in [9.17, 15) is 4.79 Å². The Balaban J connectivity index is 1.76. The fraction of sp³-hybridized carbons (Fsp3) is 0.562. The molecule has 5 heteroatoms. The van der Waals surface area contributed by atoms with Crippen molar-refractivity contribution in [1.82, 2.24) is 15.1 Å². The average Bonchev–Trinajstić information content (AvgIpc) is 2.87. The molecule has 116 valence electrons. The molecule has 1 saturated heterocycles. The minimum atomic E-state index is 0.00666. The van der Waals surface area contributed by atoms with Crippen molar-refractivity contribution in [3.05, 3.63) is 29.8 Å². The molecule has 1 unspecified atom stereocenters. The van der Waals surface area contributed by atoms with Gasteiger partial charge in [-0.25, -0.2) is 4.79 Å². The average molecular weight is 291 g/mol. The maximum absolute atomic E-state index is 12.0. The van der Waals surface area contributed by atoms with E-state index >= 15 is 0 Å². The lowest BCUT2D eigenvalue weighted by Gasteiger charge is -2.19. The highest BCUT2D eigenvalue weighted by Gasteiger charge is 2.27. The maximum atomic E-state index is 12.0.